The zero-order chi connectivity index (χ0) is 17.0. The summed E-state index contributed by atoms with van der Waals surface area (Å²) in [5.41, 5.74) is 0.754. The van der Waals surface area contributed by atoms with Gasteiger partial charge in [-0.25, -0.2) is 18.1 Å². The van der Waals surface area contributed by atoms with Crippen molar-refractivity contribution in [1.82, 2.24) is 19.7 Å². The second kappa shape index (κ2) is 6.98. The van der Waals surface area contributed by atoms with E-state index in [4.69, 9.17) is 4.74 Å². The molecular formula is C16H18N4O3S. The van der Waals surface area contributed by atoms with Gasteiger partial charge >= 0.3 is 0 Å². The molecule has 2 aromatic heterocycles. The fraction of sp³-hybridized carbons (Fsp3) is 0.250. The van der Waals surface area contributed by atoms with Crippen molar-refractivity contribution in [2.75, 3.05) is 13.2 Å². The molecule has 0 radical (unpaired) electrons. The highest BCUT2D eigenvalue weighted by Gasteiger charge is 2.16. The standard InChI is InChI=1S/C16H18N4O3S/c1-2-14-18-11-15(20-14)24(21,22)19-9-10-23-13-7-3-5-12-6-4-8-17-16(12)13/h3-8,11,19H,2,9-10H2,1H3,(H,18,20). The molecule has 8 heteroatoms. The van der Waals surface area contributed by atoms with E-state index in [1.165, 1.54) is 6.20 Å². The molecule has 0 unspecified atom stereocenters. The van der Waals surface area contributed by atoms with Crippen LogP contribution < -0.4 is 9.46 Å². The van der Waals surface area contributed by atoms with Crippen LogP contribution in [0.3, 0.4) is 0 Å². The number of nitrogens with zero attached hydrogens (tertiary/aromatic N) is 2. The monoisotopic (exact) mass is 346 g/mol. The number of hydrogen-bond donors (Lipinski definition) is 2. The van der Waals surface area contributed by atoms with Crippen LogP contribution in [0.5, 0.6) is 5.75 Å². The fourth-order valence-electron chi connectivity index (χ4n) is 2.27. The number of aryl methyl sites for hydroxylation is 1. The predicted octanol–water partition coefficient (Wildman–Crippen LogP) is 1.88. The van der Waals surface area contributed by atoms with E-state index in [-0.39, 0.29) is 18.2 Å². The van der Waals surface area contributed by atoms with E-state index < -0.39 is 10.0 Å². The van der Waals surface area contributed by atoms with Crippen LogP contribution in [0.4, 0.5) is 0 Å². The molecule has 0 aliphatic carbocycles. The number of para-hydroxylation sites is 1. The molecule has 2 heterocycles. The first kappa shape index (κ1) is 16.4. The van der Waals surface area contributed by atoms with Crippen LogP contribution in [0, 0.1) is 0 Å². The minimum Gasteiger partial charge on any atom is -0.490 e. The van der Waals surface area contributed by atoms with Crippen molar-refractivity contribution in [3.8, 4) is 5.75 Å². The summed E-state index contributed by atoms with van der Waals surface area (Å²) >= 11 is 0. The smallest absolute Gasteiger partial charge is 0.257 e. The zero-order valence-corrected chi connectivity index (χ0v) is 14.0. The number of aromatic nitrogens is 3. The molecule has 2 N–H and O–H groups in total. The molecule has 7 nitrogen and oxygen atoms in total. The maximum absolute atomic E-state index is 12.1. The fourth-order valence-corrected chi connectivity index (χ4v) is 3.22. The number of aromatic amines is 1. The number of fused-ring (bicyclic) bond motifs is 1. The number of benzene rings is 1. The van der Waals surface area contributed by atoms with Gasteiger partial charge in [-0.2, -0.15) is 0 Å². The lowest BCUT2D eigenvalue weighted by Crippen LogP contribution is -2.28. The van der Waals surface area contributed by atoms with Gasteiger partial charge in [0.15, 0.2) is 5.03 Å². The number of rotatable bonds is 7. The van der Waals surface area contributed by atoms with Gasteiger partial charge < -0.3 is 9.72 Å². The van der Waals surface area contributed by atoms with Crippen LogP contribution in [0.15, 0.2) is 47.8 Å². The number of imidazole rings is 1. The highest BCUT2D eigenvalue weighted by Crippen LogP contribution is 2.22. The third-order valence-corrected chi connectivity index (χ3v) is 4.85. The normalized spacial score (nSPS) is 11.7. The third-order valence-electron chi connectivity index (χ3n) is 3.48. The van der Waals surface area contributed by atoms with E-state index in [1.54, 1.807) is 6.20 Å². The Hall–Kier alpha value is -2.45. The predicted molar refractivity (Wildman–Crippen MR) is 90.4 cm³/mol. The summed E-state index contributed by atoms with van der Waals surface area (Å²) in [6.07, 6.45) is 3.66. The van der Waals surface area contributed by atoms with E-state index in [0.717, 1.165) is 10.9 Å². The quantitative estimate of drug-likeness (QED) is 0.637. The number of sulfonamides is 1. The average Bonchev–Trinajstić information content (AvgIpc) is 3.09. The van der Waals surface area contributed by atoms with Gasteiger partial charge in [0.1, 0.15) is 23.7 Å². The number of H-pyrrole nitrogens is 1. The summed E-state index contributed by atoms with van der Waals surface area (Å²) in [6.45, 7) is 2.24. The largest absolute Gasteiger partial charge is 0.490 e. The first-order valence-corrected chi connectivity index (χ1v) is 9.08. The Kier molecular flexibility index (Phi) is 4.77. The minimum atomic E-state index is -3.61. The summed E-state index contributed by atoms with van der Waals surface area (Å²) in [5.74, 6) is 1.26. The highest BCUT2D eigenvalue weighted by atomic mass is 32.2. The first-order chi connectivity index (χ1) is 11.6. The van der Waals surface area contributed by atoms with Crippen LogP contribution in [0.1, 0.15) is 12.7 Å². The molecule has 0 spiro atoms. The van der Waals surface area contributed by atoms with Gasteiger partial charge in [-0.3, -0.25) is 4.98 Å². The second-order valence-corrected chi connectivity index (χ2v) is 6.86. The maximum Gasteiger partial charge on any atom is 0.257 e. The van der Waals surface area contributed by atoms with Crippen LogP contribution in [-0.2, 0) is 16.4 Å². The van der Waals surface area contributed by atoms with Crippen molar-refractivity contribution in [2.24, 2.45) is 0 Å². The molecule has 24 heavy (non-hydrogen) atoms. The Morgan fingerprint density at radius 3 is 2.83 bits per heavy atom. The molecule has 3 rings (SSSR count). The lowest BCUT2D eigenvalue weighted by atomic mass is 10.2. The molecule has 0 aliphatic heterocycles. The summed E-state index contributed by atoms with van der Waals surface area (Å²) in [5, 5.41) is 1.03. The SMILES string of the molecule is CCc1ncc(S(=O)(=O)NCCOc2cccc3cccnc23)[nH]1. The Balaban J connectivity index is 1.60. The summed E-state index contributed by atoms with van der Waals surface area (Å²) in [6, 6.07) is 9.44. The third kappa shape index (κ3) is 3.55. The number of hydrogen-bond acceptors (Lipinski definition) is 5. The summed E-state index contributed by atoms with van der Waals surface area (Å²) in [4.78, 5) is 11.1. The van der Waals surface area contributed by atoms with Gasteiger partial charge in [0.2, 0.25) is 0 Å². The molecule has 3 aromatic rings. The van der Waals surface area contributed by atoms with Gasteiger partial charge in [-0.05, 0) is 12.1 Å². The zero-order valence-electron chi connectivity index (χ0n) is 13.2. The van der Waals surface area contributed by atoms with Crippen LogP contribution >= 0.6 is 0 Å². The Morgan fingerprint density at radius 1 is 1.21 bits per heavy atom. The van der Waals surface area contributed by atoms with Gasteiger partial charge in [0.25, 0.3) is 10.0 Å². The van der Waals surface area contributed by atoms with Crippen molar-refractivity contribution < 1.29 is 13.2 Å². The van der Waals surface area contributed by atoms with Gasteiger partial charge in [-0.15, -0.1) is 0 Å². The lowest BCUT2D eigenvalue weighted by Gasteiger charge is -2.09. The molecular weight excluding hydrogens is 328 g/mol. The molecule has 0 saturated carbocycles. The Bertz CT molecular complexity index is 932. The first-order valence-electron chi connectivity index (χ1n) is 7.60. The molecule has 0 atom stereocenters. The van der Waals surface area contributed by atoms with Gasteiger partial charge in [-0.1, -0.05) is 25.1 Å². The number of ether oxygens (including phenoxy) is 1. The van der Waals surface area contributed by atoms with E-state index in [0.29, 0.717) is 18.0 Å². The molecule has 126 valence electrons. The van der Waals surface area contributed by atoms with Crippen LogP contribution in [0.2, 0.25) is 0 Å². The van der Waals surface area contributed by atoms with Gasteiger partial charge in [0.05, 0.1) is 6.20 Å². The molecule has 1 aromatic carbocycles. The number of pyridine rings is 1. The Labute approximate surface area is 140 Å². The van der Waals surface area contributed by atoms with E-state index in [1.807, 2.05) is 37.3 Å². The molecule has 0 fully saturated rings. The lowest BCUT2D eigenvalue weighted by molar-refractivity contribution is 0.326. The van der Waals surface area contributed by atoms with Crippen molar-refractivity contribution in [3.63, 3.8) is 0 Å². The Morgan fingerprint density at radius 2 is 2.04 bits per heavy atom. The molecule has 0 bridgehead atoms. The maximum atomic E-state index is 12.1. The summed E-state index contributed by atoms with van der Waals surface area (Å²) < 4.78 is 32.4. The van der Waals surface area contributed by atoms with Crippen molar-refractivity contribution in [3.05, 3.63) is 48.5 Å². The summed E-state index contributed by atoms with van der Waals surface area (Å²) in [7, 11) is -3.61. The molecule has 0 amide bonds. The second-order valence-electron chi connectivity index (χ2n) is 5.13. The van der Waals surface area contributed by atoms with Gasteiger partial charge in [0, 0.05) is 24.5 Å². The molecule has 0 saturated heterocycles. The van der Waals surface area contributed by atoms with Crippen LogP contribution in [0.25, 0.3) is 10.9 Å². The average molecular weight is 346 g/mol. The van der Waals surface area contributed by atoms with Crippen molar-refractivity contribution in [1.29, 1.82) is 0 Å². The van der Waals surface area contributed by atoms with Crippen molar-refractivity contribution >= 4 is 20.9 Å². The minimum absolute atomic E-state index is 0.0613. The van der Waals surface area contributed by atoms with Crippen molar-refractivity contribution in [2.45, 2.75) is 18.4 Å². The molecule has 0 aliphatic rings. The van der Waals surface area contributed by atoms with E-state index in [2.05, 4.69) is 19.7 Å². The highest BCUT2D eigenvalue weighted by molar-refractivity contribution is 7.89. The topological polar surface area (TPSA) is 97.0 Å². The number of nitrogens with one attached hydrogen (secondary N) is 2. The van der Waals surface area contributed by atoms with Crippen LogP contribution in [-0.4, -0.2) is 36.5 Å². The van der Waals surface area contributed by atoms with E-state index >= 15 is 0 Å². The van der Waals surface area contributed by atoms with E-state index in [9.17, 15) is 8.42 Å².